The second-order valence-corrected chi connectivity index (χ2v) is 9.82. The number of nitrogens with zero attached hydrogens (tertiary/aromatic N) is 3. The fraction of sp³-hybridized carbons (Fsp3) is 0.214. The van der Waals surface area contributed by atoms with Gasteiger partial charge >= 0.3 is 0 Å². The molecule has 36 heavy (non-hydrogen) atoms. The van der Waals surface area contributed by atoms with E-state index in [0.29, 0.717) is 11.6 Å². The minimum atomic E-state index is 0.0857. The molecule has 0 spiro atoms. The molecule has 2 heterocycles. The fourth-order valence-electron chi connectivity index (χ4n) is 4.16. The van der Waals surface area contributed by atoms with Gasteiger partial charge in [-0.2, -0.15) is 0 Å². The number of ether oxygens (including phenoxy) is 1. The quantitative estimate of drug-likeness (QED) is 0.332. The number of anilines is 2. The summed E-state index contributed by atoms with van der Waals surface area (Å²) in [6, 6.07) is 23.6. The summed E-state index contributed by atoms with van der Waals surface area (Å²) >= 11 is 7.65. The van der Waals surface area contributed by atoms with Gasteiger partial charge in [0.15, 0.2) is 5.13 Å². The SMILES string of the molecule is COc1ccc(N(Cc2ccc(C(=O)N3CCNCC3)cc2)c2nc(-c3ccc(Cl)cc3)cs2)cc1. The van der Waals surface area contributed by atoms with E-state index in [1.807, 2.05) is 77.7 Å². The molecule has 1 aromatic heterocycles. The van der Waals surface area contributed by atoms with Gasteiger partial charge in [0.05, 0.1) is 19.3 Å². The number of benzene rings is 3. The van der Waals surface area contributed by atoms with E-state index in [2.05, 4.69) is 15.6 Å². The Balaban J connectivity index is 1.40. The summed E-state index contributed by atoms with van der Waals surface area (Å²) < 4.78 is 5.35. The molecule has 5 rings (SSSR count). The molecule has 184 valence electrons. The Hall–Kier alpha value is -3.39. The van der Waals surface area contributed by atoms with E-state index in [0.717, 1.165) is 65.1 Å². The number of nitrogens with one attached hydrogen (secondary N) is 1. The smallest absolute Gasteiger partial charge is 0.253 e. The van der Waals surface area contributed by atoms with Gasteiger partial charge in [-0.3, -0.25) is 4.79 Å². The van der Waals surface area contributed by atoms with Gasteiger partial charge < -0.3 is 19.9 Å². The molecule has 0 saturated carbocycles. The Morgan fingerprint density at radius 2 is 1.72 bits per heavy atom. The molecule has 0 bridgehead atoms. The molecule has 6 nitrogen and oxygen atoms in total. The van der Waals surface area contributed by atoms with Crippen molar-refractivity contribution in [2.75, 3.05) is 38.2 Å². The number of thiazole rings is 1. The molecule has 1 aliphatic rings. The third kappa shape index (κ3) is 5.54. The molecule has 8 heteroatoms. The average Bonchev–Trinajstić information content (AvgIpc) is 3.43. The predicted molar refractivity (Wildman–Crippen MR) is 147 cm³/mol. The van der Waals surface area contributed by atoms with E-state index in [1.54, 1.807) is 18.4 Å². The summed E-state index contributed by atoms with van der Waals surface area (Å²) in [6.45, 7) is 3.78. The molecule has 1 fully saturated rings. The summed E-state index contributed by atoms with van der Waals surface area (Å²) in [6.07, 6.45) is 0. The van der Waals surface area contributed by atoms with Crippen molar-refractivity contribution >= 4 is 39.7 Å². The van der Waals surface area contributed by atoms with E-state index in [9.17, 15) is 4.79 Å². The molecule has 1 saturated heterocycles. The van der Waals surface area contributed by atoms with E-state index in [4.69, 9.17) is 21.3 Å². The molecule has 0 unspecified atom stereocenters. The highest BCUT2D eigenvalue weighted by atomic mass is 35.5. The lowest BCUT2D eigenvalue weighted by atomic mass is 10.1. The monoisotopic (exact) mass is 518 g/mol. The van der Waals surface area contributed by atoms with Crippen LogP contribution in [0.3, 0.4) is 0 Å². The van der Waals surface area contributed by atoms with Crippen LogP contribution in [-0.4, -0.2) is 49.1 Å². The fourth-order valence-corrected chi connectivity index (χ4v) is 5.14. The number of amides is 1. The molecule has 0 aliphatic carbocycles. The minimum absolute atomic E-state index is 0.0857. The van der Waals surface area contributed by atoms with Gasteiger partial charge in [-0.15, -0.1) is 11.3 Å². The molecule has 0 radical (unpaired) electrons. The number of hydrogen-bond donors (Lipinski definition) is 1. The van der Waals surface area contributed by atoms with E-state index >= 15 is 0 Å². The highest BCUT2D eigenvalue weighted by molar-refractivity contribution is 7.14. The molecular weight excluding hydrogens is 492 g/mol. The average molecular weight is 519 g/mol. The van der Waals surface area contributed by atoms with Crippen molar-refractivity contribution in [1.82, 2.24) is 15.2 Å². The number of aromatic nitrogens is 1. The third-order valence-electron chi connectivity index (χ3n) is 6.19. The second-order valence-electron chi connectivity index (χ2n) is 8.55. The molecule has 1 aliphatic heterocycles. The van der Waals surface area contributed by atoms with Gasteiger partial charge in [0.25, 0.3) is 5.91 Å². The van der Waals surface area contributed by atoms with E-state index in [1.165, 1.54) is 0 Å². The molecular formula is C28H27ClN4O2S. The van der Waals surface area contributed by atoms with Crippen molar-refractivity contribution in [2.45, 2.75) is 6.54 Å². The molecule has 1 amide bonds. The summed E-state index contributed by atoms with van der Waals surface area (Å²) in [5, 5.41) is 6.93. The Kier molecular flexibility index (Phi) is 7.51. The van der Waals surface area contributed by atoms with Gasteiger partial charge in [-0.25, -0.2) is 4.98 Å². The topological polar surface area (TPSA) is 57.7 Å². The zero-order valence-electron chi connectivity index (χ0n) is 20.0. The van der Waals surface area contributed by atoms with Crippen LogP contribution in [-0.2, 0) is 6.54 Å². The number of piperazine rings is 1. The Morgan fingerprint density at radius 3 is 2.39 bits per heavy atom. The van der Waals surface area contributed by atoms with Crippen molar-refractivity contribution in [3.8, 4) is 17.0 Å². The standard InChI is InChI=1S/C28H27ClN4O2S/c1-35-25-12-10-24(11-13-25)33(28-31-26(19-36-28)21-6-8-23(29)9-7-21)18-20-2-4-22(5-3-20)27(34)32-16-14-30-15-17-32/h2-13,19,30H,14-18H2,1H3. The highest BCUT2D eigenvalue weighted by Gasteiger charge is 2.19. The van der Waals surface area contributed by atoms with Crippen LogP contribution >= 0.6 is 22.9 Å². The molecule has 3 aromatic carbocycles. The first-order chi connectivity index (χ1) is 17.6. The van der Waals surface area contributed by atoms with Crippen LogP contribution in [0.2, 0.25) is 5.02 Å². The minimum Gasteiger partial charge on any atom is -0.497 e. The number of hydrogen-bond acceptors (Lipinski definition) is 6. The number of rotatable bonds is 7. The van der Waals surface area contributed by atoms with Crippen LogP contribution in [0.25, 0.3) is 11.3 Å². The first-order valence-electron chi connectivity index (χ1n) is 11.8. The molecule has 0 atom stereocenters. The maximum absolute atomic E-state index is 12.9. The number of methoxy groups -OCH3 is 1. The maximum atomic E-state index is 12.9. The lowest BCUT2D eigenvalue weighted by Gasteiger charge is -2.27. The van der Waals surface area contributed by atoms with Crippen LogP contribution in [0.1, 0.15) is 15.9 Å². The number of carbonyl (C=O) groups is 1. The van der Waals surface area contributed by atoms with Gasteiger partial charge in [0.2, 0.25) is 0 Å². The maximum Gasteiger partial charge on any atom is 0.253 e. The Morgan fingerprint density at radius 1 is 1.03 bits per heavy atom. The number of carbonyl (C=O) groups excluding carboxylic acids is 1. The third-order valence-corrected chi connectivity index (χ3v) is 7.31. The first-order valence-corrected chi connectivity index (χ1v) is 13.1. The van der Waals surface area contributed by atoms with Crippen molar-refractivity contribution < 1.29 is 9.53 Å². The normalized spacial score (nSPS) is 13.4. The van der Waals surface area contributed by atoms with Crippen molar-refractivity contribution in [3.63, 3.8) is 0 Å². The second kappa shape index (κ2) is 11.1. The highest BCUT2D eigenvalue weighted by Crippen LogP contribution is 2.34. The summed E-state index contributed by atoms with van der Waals surface area (Å²) in [5.41, 5.74) is 4.74. The van der Waals surface area contributed by atoms with E-state index < -0.39 is 0 Å². The lowest BCUT2D eigenvalue weighted by Crippen LogP contribution is -2.46. The van der Waals surface area contributed by atoms with Crippen LogP contribution in [0.5, 0.6) is 5.75 Å². The Bertz CT molecular complexity index is 1300. The van der Waals surface area contributed by atoms with Gasteiger partial charge in [0.1, 0.15) is 5.75 Å². The van der Waals surface area contributed by atoms with Crippen molar-refractivity contribution in [2.24, 2.45) is 0 Å². The van der Waals surface area contributed by atoms with Gasteiger partial charge in [-0.1, -0.05) is 35.9 Å². The molecule has 4 aromatic rings. The van der Waals surface area contributed by atoms with Crippen LogP contribution in [0.15, 0.2) is 78.2 Å². The van der Waals surface area contributed by atoms with Crippen molar-refractivity contribution in [1.29, 1.82) is 0 Å². The first kappa shape index (κ1) is 24.3. The van der Waals surface area contributed by atoms with Crippen molar-refractivity contribution in [3.05, 3.63) is 94.3 Å². The lowest BCUT2D eigenvalue weighted by molar-refractivity contribution is 0.0736. The van der Waals surface area contributed by atoms with Gasteiger partial charge in [0, 0.05) is 53.4 Å². The largest absolute Gasteiger partial charge is 0.497 e. The predicted octanol–water partition coefficient (Wildman–Crippen LogP) is 5.86. The van der Waals surface area contributed by atoms with Gasteiger partial charge in [-0.05, 0) is 54.1 Å². The van der Waals surface area contributed by atoms with E-state index in [-0.39, 0.29) is 5.91 Å². The number of halogens is 1. The molecule has 1 N–H and O–H groups in total. The van der Waals surface area contributed by atoms with Crippen LogP contribution in [0.4, 0.5) is 10.8 Å². The zero-order valence-corrected chi connectivity index (χ0v) is 21.6. The Labute approximate surface area is 220 Å². The zero-order chi connectivity index (χ0) is 24.9. The summed E-state index contributed by atoms with van der Waals surface area (Å²) in [4.78, 5) is 21.9. The summed E-state index contributed by atoms with van der Waals surface area (Å²) in [5.74, 6) is 0.887. The summed E-state index contributed by atoms with van der Waals surface area (Å²) in [7, 11) is 1.66. The van der Waals surface area contributed by atoms with Crippen LogP contribution < -0.4 is 15.0 Å². The van der Waals surface area contributed by atoms with Crippen LogP contribution in [0, 0.1) is 0 Å².